The summed E-state index contributed by atoms with van der Waals surface area (Å²) in [6, 6.07) is 18.9. The van der Waals surface area contributed by atoms with Crippen LogP contribution in [0.2, 0.25) is 0 Å². The van der Waals surface area contributed by atoms with E-state index in [2.05, 4.69) is 9.97 Å². The van der Waals surface area contributed by atoms with Crippen LogP contribution in [0.5, 0.6) is 0 Å². The number of carbonyl (C=O) groups is 1. The Morgan fingerprint density at radius 3 is 2.70 bits per heavy atom. The quantitative estimate of drug-likeness (QED) is 0.263. The van der Waals surface area contributed by atoms with Crippen molar-refractivity contribution < 1.29 is 14.6 Å². The molecule has 0 saturated heterocycles. The number of aromatic nitrogens is 2. The van der Waals surface area contributed by atoms with Gasteiger partial charge in [-0.25, -0.2) is 9.78 Å². The highest BCUT2D eigenvalue weighted by atomic mass is 32.1. The van der Waals surface area contributed by atoms with Crippen molar-refractivity contribution in [2.45, 2.75) is 6.92 Å². The molecule has 7 heteroatoms. The Bertz CT molecular complexity index is 1260. The Morgan fingerprint density at radius 2 is 1.97 bits per heavy atom. The van der Waals surface area contributed by atoms with Gasteiger partial charge in [-0.05, 0) is 36.1 Å². The minimum Gasteiger partial charge on any atom is -0.507 e. The van der Waals surface area contributed by atoms with Crippen molar-refractivity contribution in [3.05, 3.63) is 82.0 Å². The van der Waals surface area contributed by atoms with E-state index in [0.717, 1.165) is 22.2 Å². The standard InChI is InChI=1S/C23H17N3O3S/c1-14-6-8-15(9-7-14)16-10-11-30-21(16)23(28)29-13-20(27)17(12-24)22-25-18-4-2-3-5-19(18)26-22/h2-11,27H,13H2,1H3,(H,25,26)/b20-17-. The van der Waals surface area contributed by atoms with Gasteiger partial charge in [0, 0.05) is 5.56 Å². The molecule has 0 aliphatic carbocycles. The van der Waals surface area contributed by atoms with E-state index in [1.807, 2.05) is 66.9 Å². The minimum atomic E-state index is -0.561. The van der Waals surface area contributed by atoms with E-state index in [1.165, 1.54) is 11.3 Å². The number of aliphatic hydroxyl groups is 1. The number of para-hydroxylation sites is 2. The largest absolute Gasteiger partial charge is 0.507 e. The average Bonchev–Trinajstić information content (AvgIpc) is 3.40. The first-order valence-electron chi connectivity index (χ1n) is 9.16. The maximum Gasteiger partial charge on any atom is 0.349 e. The monoisotopic (exact) mass is 415 g/mol. The summed E-state index contributed by atoms with van der Waals surface area (Å²) in [6.45, 7) is 1.57. The average molecular weight is 415 g/mol. The first kappa shape index (κ1) is 19.4. The zero-order chi connectivity index (χ0) is 21.1. The molecule has 0 atom stereocenters. The highest BCUT2D eigenvalue weighted by Crippen LogP contribution is 2.29. The number of aryl methyl sites for hydroxylation is 1. The molecule has 2 N–H and O–H groups in total. The summed E-state index contributed by atoms with van der Waals surface area (Å²) < 4.78 is 5.28. The van der Waals surface area contributed by atoms with Gasteiger partial charge in [0.1, 0.15) is 23.1 Å². The number of carbonyl (C=O) groups excluding carboxylic acids is 1. The van der Waals surface area contributed by atoms with E-state index >= 15 is 0 Å². The number of esters is 1. The third kappa shape index (κ3) is 3.81. The number of aliphatic hydroxyl groups excluding tert-OH is 1. The molecule has 0 unspecified atom stereocenters. The molecule has 4 aromatic rings. The predicted octanol–water partition coefficient (Wildman–Crippen LogP) is 5.25. The molecule has 0 radical (unpaired) electrons. The molecule has 0 aliphatic heterocycles. The Balaban J connectivity index is 1.54. The van der Waals surface area contributed by atoms with Gasteiger partial charge >= 0.3 is 5.97 Å². The molecule has 30 heavy (non-hydrogen) atoms. The van der Waals surface area contributed by atoms with Crippen molar-refractivity contribution >= 4 is 33.9 Å². The Kier molecular flexibility index (Phi) is 5.33. The number of aromatic amines is 1. The molecule has 2 aromatic heterocycles. The molecule has 6 nitrogen and oxygen atoms in total. The van der Waals surface area contributed by atoms with E-state index in [0.29, 0.717) is 10.4 Å². The fourth-order valence-electron chi connectivity index (χ4n) is 3.02. The molecule has 4 rings (SSSR count). The molecular weight excluding hydrogens is 398 g/mol. The van der Waals surface area contributed by atoms with Gasteiger partial charge in [-0.1, -0.05) is 42.0 Å². The van der Waals surface area contributed by atoms with Crippen molar-refractivity contribution in [1.82, 2.24) is 9.97 Å². The van der Waals surface area contributed by atoms with Crippen molar-refractivity contribution in [3.8, 4) is 17.2 Å². The maximum atomic E-state index is 12.6. The lowest BCUT2D eigenvalue weighted by molar-refractivity contribution is 0.0509. The second-order valence-corrected chi connectivity index (χ2v) is 7.56. The lowest BCUT2D eigenvalue weighted by Crippen LogP contribution is -2.09. The summed E-state index contributed by atoms with van der Waals surface area (Å²) in [5.74, 6) is -0.698. The Morgan fingerprint density at radius 1 is 1.20 bits per heavy atom. The van der Waals surface area contributed by atoms with Crippen LogP contribution >= 0.6 is 11.3 Å². The van der Waals surface area contributed by atoms with Gasteiger partial charge < -0.3 is 14.8 Å². The number of nitrogens with one attached hydrogen (secondary N) is 1. The number of allylic oxidation sites excluding steroid dienone is 1. The molecule has 2 heterocycles. The van der Waals surface area contributed by atoms with Gasteiger partial charge in [0.15, 0.2) is 11.6 Å². The van der Waals surface area contributed by atoms with Gasteiger partial charge in [-0.3, -0.25) is 0 Å². The van der Waals surface area contributed by atoms with Gasteiger partial charge in [0.05, 0.1) is 11.0 Å². The smallest absolute Gasteiger partial charge is 0.349 e. The van der Waals surface area contributed by atoms with Crippen LogP contribution < -0.4 is 0 Å². The molecule has 0 fully saturated rings. The van der Waals surface area contributed by atoms with Crippen LogP contribution in [0.3, 0.4) is 0 Å². The molecule has 0 aliphatic rings. The number of fused-ring (bicyclic) bond motifs is 1. The lowest BCUT2D eigenvalue weighted by atomic mass is 10.1. The van der Waals surface area contributed by atoms with Crippen molar-refractivity contribution in [2.75, 3.05) is 6.61 Å². The van der Waals surface area contributed by atoms with Crippen molar-refractivity contribution in [3.63, 3.8) is 0 Å². The molecule has 2 aromatic carbocycles. The van der Waals surface area contributed by atoms with Gasteiger partial charge in [0.2, 0.25) is 0 Å². The number of rotatable bonds is 5. The van der Waals surface area contributed by atoms with Crippen LogP contribution in [0.1, 0.15) is 21.1 Å². The zero-order valence-corrected chi connectivity index (χ0v) is 16.9. The number of imidazole rings is 1. The summed E-state index contributed by atoms with van der Waals surface area (Å²) in [4.78, 5) is 20.3. The first-order valence-corrected chi connectivity index (χ1v) is 10.0. The van der Waals surface area contributed by atoms with Crippen LogP contribution in [-0.4, -0.2) is 27.7 Å². The minimum absolute atomic E-state index is 0.0658. The van der Waals surface area contributed by atoms with Crippen molar-refractivity contribution in [2.24, 2.45) is 0 Å². The topological polar surface area (TPSA) is 99.0 Å². The number of hydrogen-bond acceptors (Lipinski definition) is 6. The second-order valence-electron chi connectivity index (χ2n) is 6.64. The van der Waals surface area contributed by atoms with Gasteiger partial charge in [-0.15, -0.1) is 11.3 Å². The number of H-pyrrole nitrogens is 1. The van der Waals surface area contributed by atoms with Crippen LogP contribution in [0, 0.1) is 18.3 Å². The van der Waals surface area contributed by atoms with Crippen LogP contribution in [-0.2, 0) is 4.74 Å². The van der Waals surface area contributed by atoms with E-state index in [1.54, 1.807) is 6.07 Å². The fraction of sp³-hybridized carbons (Fsp3) is 0.0870. The molecular formula is C23H17N3O3S. The summed E-state index contributed by atoms with van der Waals surface area (Å²) in [6.07, 6.45) is 0. The summed E-state index contributed by atoms with van der Waals surface area (Å²) in [5, 5.41) is 21.7. The Hall–Kier alpha value is -3.89. The summed E-state index contributed by atoms with van der Waals surface area (Å²) in [5.41, 5.74) is 4.16. The van der Waals surface area contributed by atoms with E-state index in [4.69, 9.17) is 4.74 Å². The van der Waals surface area contributed by atoms with E-state index in [-0.39, 0.29) is 17.2 Å². The molecule has 0 spiro atoms. The number of ether oxygens (including phenoxy) is 1. The number of thiophene rings is 1. The third-order valence-electron chi connectivity index (χ3n) is 4.58. The first-order chi connectivity index (χ1) is 14.6. The third-order valence-corrected chi connectivity index (χ3v) is 5.47. The van der Waals surface area contributed by atoms with Crippen LogP contribution in [0.15, 0.2) is 65.7 Å². The SMILES string of the molecule is Cc1ccc(-c2ccsc2C(=O)OC/C(O)=C(\C#N)c2nc3ccccc3[nH]2)cc1. The second kappa shape index (κ2) is 8.23. The highest BCUT2D eigenvalue weighted by molar-refractivity contribution is 7.12. The predicted molar refractivity (Wildman–Crippen MR) is 116 cm³/mol. The van der Waals surface area contributed by atoms with Crippen molar-refractivity contribution in [1.29, 1.82) is 5.26 Å². The summed E-state index contributed by atoms with van der Waals surface area (Å²) in [7, 11) is 0. The summed E-state index contributed by atoms with van der Waals surface area (Å²) >= 11 is 1.27. The molecule has 0 amide bonds. The molecule has 0 saturated carbocycles. The lowest BCUT2D eigenvalue weighted by Gasteiger charge is -2.07. The van der Waals surface area contributed by atoms with Crippen LogP contribution in [0.25, 0.3) is 27.7 Å². The number of nitriles is 1. The molecule has 148 valence electrons. The maximum absolute atomic E-state index is 12.6. The normalized spacial score (nSPS) is 11.7. The van der Waals surface area contributed by atoms with Gasteiger partial charge in [-0.2, -0.15) is 5.26 Å². The zero-order valence-electron chi connectivity index (χ0n) is 16.0. The number of benzene rings is 2. The fourth-order valence-corrected chi connectivity index (χ4v) is 3.83. The van der Waals surface area contributed by atoms with Crippen LogP contribution in [0.4, 0.5) is 0 Å². The van der Waals surface area contributed by atoms with Gasteiger partial charge in [0.25, 0.3) is 0 Å². The number of hydrogen-bond donors (Lipinski definition) is 2. The van der Waals surface area contributed by atoms with E-state index in [9.17, 15) is 15.2 Å². The molecule has 0 bridgehead atoms. The number of nitrogens with zero attached hydrogens (tertiary/aromatic N) is 2. The van der Waals surface area contributed by atoms with E-state index < -0.39 is 12.6 Å². The highest BCUT2D eigenvalue weighted by Gasteiger charge is 2.19. The Labute approximate surface area is 176 Å².